The van der Waals surface area contributed by atoms with Crippen molar-refractivity contribution in [1.82, 2.24) is 0 Å². The molecule has 0 unspecified atom stereocenters. The van der Waals surface area contributed by atoms with Crippen LogP contribution in [0.2, 0.25) is 0 Å². The van der Waals surface area contributed by atoms with Crippen LogP contribution in [0.15, 0.2) is 29.5 Å². The van der Waals surface area contributed by atoms with E-state index in [-0.39, 0.29) is 6.42 Å². The average molecular weight is 146 g/mol. The predicted octanol–water partition coefficient (Wildman–Crippen LogP) is 2.59. The van der Waals surface area contributed by atoms with Crippen LogP contribution < -0.4 is 0 Å². The van der Waals surface area contributed by atoms with Crippen LogP contribution in [0.4, 0.5) is 13.2 Å². The van der Waals surface area contributed by atoms with Gasteiger partial charge in [-0.1, -0.05) is 12.2 Å². The second kappa shape index (κ2) is 2.35. The number of hydrogen-bond acceptors (Lipinski definition) is 0. The van der Waals surface area contributed by atoms with E-state index in [0.717, 1.165) is 0 Å². The van der Waals surface area contributed by atoms with E-state index in [2.05, 4.69) is 5.73 Å². The number of rotatable bonds is 0. The Labute approximate surface area is 56.4 Å². The highest BCUT2D eigenvalue weighted by atomic mass is 19.4. The van der Waals surface area contributed by atoms with Gasteiger partial charge in [-0.15, -0.1) is 5.73 Å². The minimum atomic E-state index is -4.21. The summed E-state index contributed by atoms with van der Waals surface area (Å²) in [6, 6.07) is 0. The molecule has 0 N–H and O–H groups in total. The van der Waals surface area contributed by atoms with E-state index in [1.54, 1.807) is 6.08 Å². The number of alkyl halides is 3. The van der Waals surface area contributed by atoms with Crippen LogP contribution in [-0.4, -0.2) is 6.18 Å². The first-order chi connectivity index (χ1) is 4.61. The molecule has 0 spiro atoms. The van der Waals surface area contributed by atoms with Crippen molar-refractivity contribution in [2.24, 2.45) is 0 Å². The molecule has 3 heteroatoms. The lowest BCUT2D eigenvalue weighted by Gasteiger charge is -2.07. The van der Waals surface area contributed by atoms with Crippen molar-refractivity contribution in [3.05, 3.63) is 29.5 Å². The molecule has 0 saturated heterocycles. The summed E-state index contributed by atoms with van der Waals surface area (Å²) in [4.78, 5) is 0. The van der Waals surface area contributed by atoms with E-state index in [1.807, 2.05) is 0 Å². The van der Waals surface area contributed by atoms with Gasteiger partial charge in [0, 0.05) is 6.42 Å². The Morgan fingerprint density at radius 1 is 1.40 bits per heavy atom. The van der Waals surface area contributed by atoms with Crippen molar-refractivity contribution in [3.63, 3.8) is 0 Å². The molecule has 10 heavy (non-hydrogen) atoms. The smallest absolute Gasteiger partial charge is 0.166 e. The maximum absolute atomic E-state index is 11.8. The Morgan fingerprint density at radius 3 is 2.40 bits per heavy atom. The van der Waals surface area contributed by atoms with Crippen LogP contribution in [0.1, 0.15) is 6.42 Å². The van der Waals surface area contributed by atoms with E-state index in [9.17, 15) is 13.2 Å². The molecule has 0 heterocycles. The van der Waals surface area contributed by atoms with Gasteiger partial charge in [0.15, 0.2) is 0 Å². The van der Waals surface area contributed by atoms with Gasteiger partial charge in [-0.3, -0.25) is 0 Å². The minimum Gasteiger partial charge on any atom is -0.166 e. The van der Waals surface area contributed by atoms with Crippen LogP contribution >= 0.6 is 0 Å². The van der Waals surface area contributed by atoms with E-state index in [0.29, 0.717) is 0 Å². The molecule has 0 nitrogen and oxygen atoms in total. The van der Waals surface area contributed by atoms with Crippen LogP contribution in [-0.2, 0) is 0 Å². The molecule has 0 bridgehead atoms. The maximum atomic E-state index is 11.8. The number of allylic oxidation sites excluding steroid dienone is 3. The molecular formula is C7H5F3. The van der Waals surface area contributed by atoms with E-state index in [4.69, 9.17) is 0 Å². The molecule has 1 rings (SSSR count). The van der Waals surface area contributed by atoms with Gasteiger partial charge in [0.05, 0.1) is 5.57 Å². The summed E-state index contributed by atoms with van der Waals surface area (Å²) in [5.41, 5.74) is 1.54. The molecule has 0 fully saturated rings. The Hall–Kier alpha value is -0.950. The molecular weight excluding hydrogens is 141 g/mol. The molecule has 0 aliphatic heterocycles. The quantitative estimate of drug-likeness (QED) is 0.461. The second-order valence-corrected chi connectivity index (χ2v) is 1.92. The summed E-state index contributed by atoms with van der Waals surface area (Å²) in [5, 5.41) is 0. The van der Waals surface area contributed by atoms with Crippen LogP contribution in [0.25, 0.3) is 0 Å². The van der Waals surface area contributed by atoms with Gasteiger partial charge in [0.1, 0.15) is 0 Å². The van der Waals surface area contributed by atoms with Crippen molar-refractivity contribution in [3.8, 4) is 0 Å². The molecule has 0 aromatic heterocycles. The first-order valence-corrected chi connectivity index (χ1v) is 2.78. The summed E-state index contributed by atoms with van der Waals surface area (Å²) in [5.74, 6) is 0. The topological polar surface area (TPSA) is 0 Å². The molecule has 0 atom stereocenters. The summed E-state index contributed by atoms with van der Waals surface area (Å²) < 4.78 is 35.4. The Morgan fingerprint density at radius 2 is 2.10 bits per heavy atom. The molecule has 0 amide bonds. The minimum absolute atomic E-state index is 0.0556. The Kier molecular flexibility index (Phi) is 1.68. The lowest BCUT2D eigenvalue weighted by molar-refractivity contribution is -0.0927. The van der Waals surface area contributed by atoms with E-state index < -0.39 is 11.7 Å². The number of hydrogen-bond donors (Lipinski definition) is 0. The normalized spacial score (nSPS) is 17.3. The lowest BCUT2D eigenvalue weighted by atomic mass is 10.1. The van der Waals surface area contributed by atoms with Crippen LogP contribution in [0.5, 0.6) is 0 Å². The third-order valence-corrected chi connectivity index (χ3v) is 1.15. The SMILES string of the molecule is FC(F)(F)C1=C=CC=CC1. The Balaban J connectivity index is 2.86. The first-order valence-electron chi connectivity index (χ1n) is 2.78. The van der Waals surface area contributed by atoms with Crippen molar-refractivity contribution in [2.45, 2.75) is 12.6 Å². The maximum Gasteiger partial charge on any atom is 0.420 e. The molecule has 1 aliphatic carbocycles. The molecule has 0 saturated carbocycles. The Bertz CT molecular complexity index is 213. The average Bonchev–Trinajstić information content (AvgIpc) is 1.88. The van der Waals surface area contributed by atoms with Gasteiger partial charge in [-0.2, -0.15) is 13.2 Å². The van der Waals surface area contributed by atoms with Gasteiger partial charge in [0.2, 0.25) is 0 Å². The third-order valence-electron chi connectivity index (χ3n) is 1.15. The second-order valence-electron chi connectivity index (χ2n) is 1.92. The summed E-state index contributed by atoms with van der Waals surface area (Å²) in [7, 11) is 0. The zero-order valence-corrected chi connectivity index (χ0v) is 5.07. The largest absolute Gasteiger partial charge is 0.420 e. The van der Waals surface area contributed by atoms with Crippen molar-refractivity contribution in [2.75, 3.05) is 0 Å². The highest BCUT2D eigenvalue weighted by Gasteiger charge is 2.32. The molecule has 0 aromatic rings. The first kappa shape index (κ1) is 7.16. The predicted molar refractivity (Wildman–Crippen MR) is 31.4 cm³/mol. The molecule has 54 valence electrons. The van der Waals surface area contributed by atoms with Gasteiger partial charge in [-0.25, -0.2) is 0 Å². The standard InChI is InChI=1S/C7H5F3/c8-7(9,10)6-4-2-1-3-5-6/h1-3H,4H2. The highest BCUT2D eigenvalue weighted by molar-refractivity contribution is 5.21. The lowest BCUT2D eigenvalue weighted by Crippen LogP contribution is -2.10. The van der Waals surface area contributed by atoms with E-state index in [1.165, 1.54) is 12.2 Å². The van der Waals surface area contributed by atoms with Gasteiger partial charge in [0.25, 0.3) is 0 Å². The third kappa shape index (κ3) is 1.52. The molecule has 0 aromatic carbocycles. The van der Waals surface area contributed by atoms with Gasteiger partial charge in [-0.05, 0) is 6.08 Å². The van der Waals surface area contributed by atoms with Crippen LogP contribution in [0.3, 0.4) is 0 Å². The molecule has 1 aliphatic rings. The summed E-state index contributed by atoms with van der Waals surface area (Å²) >= 11 is 0. The fourth-order valence-electron chi connectivity index (χ4n) is 0.659. The molecule has 0 radical (unpaired) electrons. The summed E-state index contributed by atoms with van der Waals surface area (Å²) in [6.45, 7) is 0. The fraction of sp³-hybridized carbons (Fsp3) is 0.286. The van der Waals surface area contributed by atoms with Crippen LogP contribution in [0, 0.1) is 0 Å². The van der Waals surface area contributed by atoms with E-state index >= 15 is 0 Å². The van der Waals surface area contributed by atoms with Gasteiger partial charge < -0.3 is 0 Å². The van der Waals surface area contributed by atoms with Crippen molar-refractivity contribution in [1.29, 1.82) is 0 Å². The zero-order valence-electron chi connectivity index (χ0n) is 5.07. The summed E-state index contributed by atoms with van der Waals surface area (Å²) in [6.07, 6.45) is 0.0160. The van der Waals surface area contributed by atoms with Crippen molar-refractivity contribution >= 4 is 0 Å². The number of halogens is 3. The fourth-order valence-corrected chi connectivity index (χ4v) is 0.659. The zero-order chi connectivity index (χ0) is 7.61. The highest BCUT2D eigenvalue weighted by Crippen LogP contribution is 2.28. The van der Waals surface area contributed by atoms with Gasteiger partial charge >= 0.3 is 6.18 Å². The van der Waals surface area contributed by atoms with Crippen molar-refractivity contribution < 1.29 is 13.2 Å². The monoisotopic (exact) mass is 146 g/mol.